The van der Waals surface area contributed by atoms with Gasteiger partial charge in [-0.25, -0.2) is 17.6 Å². The van der Waals surface area contributed by atoms with E-state index in [4.69, 9.17) is 0 Å². The van der Waals surface area contributed by atoms with Crippen molar-refractivity contribution in [3.05, 3.63) is 298 Å². The fourth-order valence-corrected chi connectivity index (χ4v) is 15.0. The minimum absolute atomic E-state index is 0.221. The van der Waals surface area contributed by atoms with Gasteiger partial charge in [-0.3, -0.25) is 19.9 Å². The Balaban J connectivity index is 0.000000146. The molecule has 0 saturated heterocycles. The molecule has 13 aromatic rings. The SMILES string of the molecule is CCC#Cc1cc(-c2ccncc2)c(-c2ccc(F)cc2)s1.CCCC#Cc1cc(-c2ccncc2)c(-c2ccc(F)cc2)s1.CCCC#Cc1cc(-c2ccncc2)c(-c2ccc(F)cc2)s1.CCCC#Cc1sc(-c2ccc(F)cc2)c(-c2ccncc2)c1CCCc1ccccc1. The molecule has 5 aromatic carbocycles. The number of aromatic nitrogens is 4. The van der Waals surface area contributed by atoms with E-state index < -0.39 is 0 Å². The summed E-state index contributed by atoms with van der Waals surface area (Å²) in [5.41, 5.74) is 15.7. The summed E-state index contributed by atoms with van der Waals surface area (Å²) in [5.74, 6) is 25.0. The van der Waals surface area contributed by atoms with Gasteiger partial charge in [0.15, 0.2) is 0 Å². The maximum absolute atomic E-state index is 13.6. The molecule has 0 radical (unpaired) electrons. The third-order valence-corrected chi connectivity index (χ3v) is 19.9. The molecule has 13 rings (SSSR count). The monoisotopic (exact) mass is 1390 g/mol. The molecule has 0 aliphatic rings. The standard InChI is InChI=1S/C29H26FNS.2C20H16FNS.C19H14FNS/c1-2-3-5-13-27-26(12-8-11-22-9-6-4-7-10-22)28(23-18-20-31-21-19-23)29(32-27)24-14-16-25(30)17-15-24;2*1-2-3-4-5-18-14-19(15-10-12-22-13-11-15)20(23-18)16-6-8-17(21)9-7-16;1-2-3-4-17-13-18(14-9-11-21-12-10-14)19(22-17)15-5-7-16(20)8-6-15/h4,6-7,9-10,14-21H,2-3,8,11-12H2,1H3;2*6-14H,2-3H2,1H3;5-13H,2H2,1H3. The molecule has 0 atom stereocenters. The summed E-state index contributed by atoms with van der Waals surface area (Å²) in [7, 11) is 0. The first-order valence-electron chi connectivity index (χ1n) is 33.3. The third kappa shape index (κ3) is 20.5. The van der Waals surface area contributed by atoms with Crippen LogP contribution in [0, 0.1) is 70.6 Å². The Labute approximate surface area is 601 Å². The number of rotatable bonds is 15. The van der Waals surface area contributed by atoms with E-state index in [1.807, 2.05) is 104 Å². The highest BCUT2D eigenvalue weighted by Crippen LogP contribution is 2.45. The van der Waals surface area contributed by atoms with Crippen LogP contribution in [0.4, 0.5) is 17.6 Å². The van der Waals surface area contributed by atoms with Gasteiger partial charge in [0.05, 0.1) is 19.5 Å². The summed E-state index contributed by atoms with van der Waals surface area (Å²) in [4.78, 5) is 25.1. The Morgan fingerprint density at radius 2 is 0.650 bits per heavy atom. The van der Waals surface area contributed by atoms with E-state index in [9.17, 15) is 17.6 Å². The fourth-order valence-electron chi connectivity index (χ4n) is 10.6. The number of pyridine rings is 4. The van der Waals surface area contributed by atoms with Crippen molar-refractivity contribution in [1.29, 1.82) is 0 Å². The van der Waals surface area contributed by atoms with E-state index in [1.54, 1.807) is 82.5 Å². The third-order valence-electron chi connectivity index (χ3n) is 15.4. The van der Waals surface area contributed by atoms with Gasteiger partial charge in [0.1, 0.15) is 23.3 Å². The molecular formula is C88H72F4N4S4. The van der Waals surface area contributed by atoms with Crippen molar-refractivity contribution >= 4 is 45.3 Å². The number of benzene rings is 5. The van der Waals surface area contributed by atoms with Gasteiger partial charge in [-0.15, -0.1) is 45.3 Å². The Morgan fingerprint density at radius 3 is 1.00 bits per heavy atom. The Kier molecular flexibility index (Phi) is 27.4. The number of nitrogens with zero attached hydrogens (tertiary/aromatic N) is 4. The zero-order valence-corrected chi connectivity index (χ0v) is 59.4. The second-order valence-corrected chi connectivity index (χ2v) is 27.0. The summed E-state index contributed by atoms with van der Waals surface area (Å²) >= 11 is 6.65. The number of aryl methyl sites for hydroxylation is 1. The molecule has 0 amide bonds. The van der Waals surface area contributed by atoms with E-state index in [1.165, 1.54) is 65.2 Å². The minimum Gasteiger partial charge on any atom is -0.265 e. The van der Waals surface area contributed by atoms with Crippen LogP contribution < -0.4 is 0 Å². The number of unbranched alkanes of at least 4 members (excludes halogenated alkanes) is 3. The van der Waals surface area contributed by atoms with Crippen LogP contribution in [-0.4, -0.2) is 19.9 Å². The van der Waals surface area contributed by atoms with Gasteiger partial charge in [0, 0.05) is 117 Å². The van der Waals surface area contributed by atoms with E-state index in [2.05, 4.69) is 149 Å². The largest absolute Gasteiger partial charge is 0.265 e. The van der Waals surface area contributed by atoms with Gasteiger partial charge >= 0.3 is 0 Å². The summed E-state index contributed by atoms with van der Waals surface area (Å²) < 4.78 is 53.2. The zero-order chi connectivity index (χ0) is 69.7. The van der Waals surface area contributed by atoms with Crippen LogP contribution >= 0.6 is 45.3 Å². The van der Waals surface area contributed by atoms with Crippen LogP contribution in [-0.2, 0) is 12.8 Å². The van der Waals surface area contributed by atoms with Gasteiger partial charge in [-0.05, 0) is 209 Å². The fraction of sp³-hybridized carbons (Fsp3) is 0.159. The Bertz CT molecular complexity index is 4820. The number of hydrogen-bond donors (Lipinski definition) is 0. The molecule has 4 nitrogen and oxygen atoms in total. The van der Waals surface area contributed by atoms with Crippen molar-refractivity contribution in [2.75, 3.05) is 0 Å². The lowest BCUT2D eigenvalue weighted by atomic mass is 9.94. The second kappa shape index (κ2) is 38.0. The first-order valence-corrected chi connectivity index (χ1v) is 36.6. The average molecular weight is 1390 g/mol. The quantitative estimate of drug-likeness (QED) is 0.0758. The summed E-state index contributed by atoms with van der Waals surface area (Å²) in [5, 5.41) is 0. The van der Waals surface area contributed by atoms with Gasteiger partial charge < -0.3 is 0 Å². The van der Waals surface area contributed by atoms with Crippen LogP contribution in [0.3, 0.4) is 0 Å². The Hall–Kier alpha value is -10.5. The summed E-state index contributed by atoms with van der Waals surface area (Å²) in [6.07, 6.45) is 24.0. The van der Waals surface area contributed by atoms with Gasteiger partial charge in [0.2, 0.25) is 0 Å². The van der Waals surface area contributed by atoms with Crippen molar-refractivity contribution in [2.45, 2.75) is 91.9 Å². The van der Waals surface area contributed by atoms with E-state index >= 15 is 0 Å². The zero-order valence-electron chi connectivity index (χ0n) is 56.1. The molecular weight excluding hydrogens is 1320 g/mol. The molecule has 496 valence electrons. The molecule has 0 fully saturated rings. The van der Waals surface area contributed by atoms with E-state index in [0.29, 0.717) is 0 Å². The molecule has 0 saturated carbocycles. The first-order chi connectivity index (χ1) is 49.1. The molecule has 0 aliphatic heterocycles. The maximum atomic E-state index is 13.6. The lowest BCUT2D eigenvalue weighted by molar-refractivity contribution is 0.627. The minimum atomic E-state index is -0.225. The number of hydrogen-bond acceptors (Lipinski definition) is 8. The molecule has 8 heterocycles. The predicted octanol–water partition coefficient (Wildman–Crippen LogP) is 24.9. The molecule has 0 bridgehead atoms. The number of thiophene rings is 4. The van der Waals surface area contributed by atoms with Crippen molar-refractivity contribution < 1.29 is 17.6 Å². The van der Waals surface area contributed by atoms with E-state index in [0.717, 1.165) is 164 Å². The lowest BCUT2D eigenvalue weighted by Crippen LogP contribution is -1.94. The van der Waals surface area contributed by atoms with Crippen molar-refractivity contribution in [3.8, 4) is 134 Å². The molecule has 0 unspecified atom stereocenters. The summed E-state index contributed by atoms with van der Waals surface area (Å²) in [6, 6.07) is 59.6. The predicted molar refractivity (Wildman–Crippen MR) is 413 cm³/mol. The van der Waals surface area contributed by atoms with Crippen LogP contribution in [0.15, 0.2) is 244 Å². The molecule has 0 N–H and O–H groups in total. The van der Waals surface area contributed by atoms with Crippen molar-refractivity contribution in [1.82, 2.24) is 19.9 Å². The van der Waals surface area contributed by atoms with Crippen LogP contribution in [0.25, 0.3) is 86.3 Å². The van der Waals surface area contributed by atoms with Gasteiger partial charge in [-0.1, -0.05) is 154 Å². The van der Waals surface area contributed by atoms with Crippen molar-refractivity contribution in [3.63, 3.8) is 0 Å². The highest BCUT2D eigenvalue weighted by Gasteiger charge is 2.21. The van der Waals surface area contributed by atoms with Crippen molar-refractivity contribution in [2.24, 2.45) is 0 Å². The molecule has 0 spiro atoms. The van der Waals surface area contributed by atoms with Crippen LogP contribution in [0.5, 0.6) is 0 Å². The molecule has 8 aromatic heterocycles. The normalized spacial score (nSPS) is 10.3. The molecule has 0 aliphatic carbocycles. The number of halogens is 4. The second-order valence-electron chi connectivity index (χ2n) is 22.8. The average Bonchev–Trinajstić information content (AvgIpc) is 1.64. The smallest absolute Gasteiger partial charge is 0.123 e. The topological polar surface area (TPSA) is 51.6 Å². The van der Waals surface area contributed by atoms with E-state index in [-0.39, 0.29) is 23.3 Å². The lowest BCUT2D eigenvalue weighted by Gasteiger charge is -2.09. The highest BCUT2D eigenvalue weighted by atomic mass is 32.1. The highest BCUT2D eigenvalue weighted by molar-refractivity contribution is 7.17. The molecule has 12 heteroatoms. The van der Waals surface area contributed by atoms with Crippen LogP contribution in [0.2, 0.25) is 0 Å². The molecule has 100 heavy (non-hydrogen) atoms. The summed E-state index contributed by atoms with van der Waals surface area (Å²) in [6.45, 7) is 8.42. The van der Waals surface area contributed by atoms with Crippen LogP contribution in [0.1, 0.15) is 110 Å². The first kappa shape index (κ1) is 72.2. The van der Waals surface area contributed by atoms with Gasteiger partial charge in [-0.2, -0.15) is 0 Å². The maximum Gasteiger partial charge on any atom is 0.123 e. The Morgan fingerprint density at radius 1 is 0.320 bits per heavy atom. The van der Waals surface area contributed by atoms with Gasteiger partial charge in [0.25, 0.3) is 0 Å².